The second kappa shape index (κ2) is 8.14. The van der Waals surface area contributed by atoms with Crippen LogP contribution in [-0.4, -0.2) is 29.2 Å². The van der Waals surface area contributed by atoms with Crippen molar-refractivity contribution in [2.24, 2.45) is 0 Å². The van der Waals surface area contributed by atoms with Crippen LogP contribution in [0.1, 0.15) is 22.6 Å². The number of ether oxygens (including phenoxy) is 1. The minimum atomic E-state index is -0.00944. The quantitative estimate of drug-likeness (QED) is 0.729. The fourth-order valence-corrected chi connectivity index (χ4v) is 3.14. The van der Waals surface area contributed by atoms with Crippen LogP contribution in [0.5, 0.6) is 0 Å². The number of fused-ring (bicyclic) bond motifs is 1. The lowest BCUT2D eigenvalue weighted by atomic mass is 9.99. The Labute approximate surface area is 157 Å². The Hall–Kier alpha value is -2.99. The molecular weight excluding hydrogens is 342 g/mol. The van der Waals surface area contributed by atoms with E-state index in [2.05, 4.69) is 27.6 Å². The molecule has 1 aliphatic heterocycles. The van der Waals surface area contributed by atoms with Crippen LogP contribution in [0.25, 0.3) is 11.4 Å². The lowest BCUT2D eigenvalue weighted by molar-refractivity contribution is -0.120. The number of rotatable bonds is 6. The van der Waals surface area contributed by atoms with Crippen molar-refractivity contribution < 1.29 is 14.1 Å². The van der Waals surface area contributed by atoms with Gasteiger partial charge in [0.15, 0.2) is 0 Å². The highest BCUT2D eigenvalue weighted by Crippen LogP contribution is 2.18. The van der Waals surface area contributed by atoms with Crippen LogP contribution in [0, 0.1) is 0 Å². The number of hydrogen-bond donors (Lipinski definition) is 1. The highest BCUT2D eigenvalue weighted by Gasteiger charge is 2.12. The van der Waals surface area contributed by atoms with Crippen LogP contribution in [0.15, 0.2) is 53.1 Å². The third-order valence-electron chi connectivity index (χ3n) is 4.57. The Bertz CT molecular complexity index is 921. The van der Waals surface area contributed by atoms with Crippen molar-refractivity contribution in [1.82, 2.24) is 15.5 Å². The first kappa shape index (κ1) is 17.4. The molecule has 0 bridgehead atoms. The molecule has 0 saturated carbocycles. The molecule has 1 N–H and O–H groups in total. The molecule has 1 aliphatic rings. The van der Waals surface area contributed by atoms with Gasteiger partial charge in [0.25, 0.3) is 0 Å². The van der Waals surface area contributed by atoms with Gasteiger partial charge in [-0.05, 0) is 23.1 Å². The van der Waals surface area contributed by atoms with Crippen molar-refractivity contribution in [1.29, 1.82) is 0 Å². The Morgan fingerprint density at radius 2 is 2.00 bits per heavy atom. The first-order valence-corrected chi connectivity index (χ1v) is 9.11. The fourth-order valence-electron chi connectivity index (χ4n) is 3.14. The second-order valence-electron chi connectivity index (χ2n) is 6.56. The monoisotopic (exact) mass is 363 g/mol. The van der Waals surface area contributed by atoms with Gasteiger partial charge in [0.05, 0.1) is 19.6 Å². The molecule has 0 radical (unpaired) electrons. The molecule has 3 aromatic rings. The Kier molecular flexibility index (Phi) is 5.25. The molecular formula is C21H21N3O3. The van der Waals surface area contributed by atoms with Crippen LogP contribution in [0.2, 0.25) is 0 Å². The predicted molar refractivity (Wildman–Crippen MR) is 100.0 cm³/mol. The maximum atomic E-state index is 12.2. The van der Waals surface area contributed by atoms with E-state index in [0.29, 0.717) is 37.7 Å². The first-order valence-electron chi connectivity index (χ1n) is 9.11. The second-order valence-corrected chi connectivity index (χ2v) is 6.56. The molecule has 1 amide bonds. The minimum absolute atomic E-state index is 0.00944. The number of amides is 1. The van der Waals surface area contributed by atoms with E-state index < -0.39 is 0 Å². The summed E-state index contributed by atoms with van der Waals surface area (Å²) in [6, 6.07) is 15.8. The van der Waals surface area contributed by atoms with Crippen molar-refractivity contribution in [3.8, 4) is 11.4 Å². The molecule has 4 rings (SSSR count). The number of benzene rings is 2. The summed E-state index contributed by atoms with van der Waals surface area (Å²) in [4.78, 5) is 16.6. The summed E-state index contributed by atoms with van der Waals surface area (Å²) in [5.41, 5.74) is 4.44. The maximum Gasteiger partial charge on any atom is 0.228 e. The van der Waals surface area contributed by atoms with E-state index >= 15 is 0 Å². The van der Waals surface area contributed by atoms with Gasteiger partial charge in [0, 0.05) is 18.5 Å². The Morgan fingerprint density at radius 3 is 2.89 bits per heavy atom. The van der Waals surface area contributed by atoms with E-state index in [1.54, 1.807) is 0 Å². The van der Waals surface area contributed by atoms with Gasteiger partial charge >= 0.3 is 0 Å². The van der Waals surface area contributed by atoms with E-state index in [4.69, 9.17) is 9.26 Å². The SMILES string of the molecule is O=C(Cc1ccc2c(c1)CCOC2)NCCc1nc(-c2ccccc2)no1. The number of nitrogens with one attached hydrogen (secondary N) is 1. The third-order valence-corrected chi connectivity index (χ3v) is 4.57. The molecule has 138 valence electrons. The molecule has 0 aliphatic carbocycles. The molecule has 2 aromatic carbocycles. The zero-order valence-corrected chi connectivity index (χ0v) is 15.0. The summed E-state index contributed by atoms with van der Waals surface area (Å²) in [6.07, 6.45) is 1.78. The van der Waals surface area contributed by atoms with Crippen LogP contribution >= 0.6 is 0 Å². The summed E-state index contributed by atoms with van der Waals surface area (Å²) in [5, 5.41) is 6.90. The zero-order chi connectivity index (χ0) is 18.5. The fraction of sp³-hybridized carbons (Fsp3) is 0.286. The molecule has 0 atom stereocenters. The van der Waals surface area contributed by atoms with Gasteiger partial charge in [-0.15, -0.1) is 0 Å². The molecule has 2 heterocycles. The van der Waals surface area contributed by atoms with Gasteiger partial charge in [-0.2, -0.15) is 4.98 Å². The van der Waals surface area contributed by atoms with Crippen molar-refractivity contribution in [2.45, 2.75) is 25.9 Å². The Balaban J connectivity index is 1.27. The van der Waals surface area contributed by atoms with Crippen molar-refractivity contribution in [3.05, 3.63) is 71.1 Å². The molecule has 1 aromatic heterocycles. The standard InChI is InChI=1S/C21H21N3O3/c25-19(13-15-6-7-18-14-26-11-9-17(18)12-15)22-10-8-20-23-21(24-27-20)16-4-2-1-3-5-16/h1-7,12H,8-11,13-14H2,(H,22,25). The molecule has 0 unspecified atom stereocenters. The summed E-state index contributed by atoms with van der Waals surface area (Å²) in [7, 11) is 0. The first-order chi connectivity index (χ1) is 13.3. The van der Waals surface area contributed by atoms with Crippen LogP contribution in [0.4, 0.5) is 0 Å². The predicted octanol–water partition coefficient (Wildman–Crippen LogP) is 2.71. The molecule has 6 nitrogen and oxygen atoms in total. The van der Waals surface area contributed by atoms with Gasteiger partial charge in [-0.3, -0.25) is 4.79 Å². The number of hydrogen-bond acceptors (Lipinski definition) is 5. The van der Waals surface area contributed by atoms with Gasteiger partial charge in [0.1, 0.15) is 0 Å². The van der Waals surface area contributed by atoms with Gasteiger partial charge in [-0.1, -0.05) is 53.7 Å². The van der Waals surface area contributed by atoms with Crippen LogP contribution in [0.3, 0.4) is 0 Å². The molecule has 6 heteroatoms. The highest BCUT2D eigenvalue weighted by atomic mass is 16.5. The van der Waals surface area contributed by atoms with Crippen molar-refractivity contribution in [3.63, 3.8) is 0 Å². The molecule has 0 saturated heterocycles. The number of carbonyl (C=O) groups excluding carboxylic acids is 1. The summed E-state index contributed by atoms with van der Waals surface area (Å²) in [6.45, 7) is 1.88. The maximum absolute atomic E-state index is 12.2. The third kappa shape index (κ3) is 4.41. The van der Waals surface area contributed by atoms with E-state index in [9.17, 15) is 4.79 Å². The van der Waals surface area contributed by atoms with Gasteiger partial charge in [0.2, 0.25) is 17.6 Å². The van der Waals surface area contributed by atoms with Crippen molar-refractivity contribution >= 4 is 5.91 Å². The zero-order valence-electron chi connectivity index (χ0n) is 15.0. The van der Waals surface area contributed by atoms with E-state index in [1.807, 2.05) is 36.4 Å². The average Bonchev–Trinajstić information content (AvgIpc) is 3.17. The smallest absolute Gasteiger partial charge is 0.228 e. The van der Waals surface area contributed by atoms with Gasteiger partial charge < -0.3 is 14.6 Å². The van der Waals surface area contributed by atoms with Crippen LogP contribution in [-0.2, 0) is 35.4 Å². The number of nitrogens with zero attached hydrogens (tertiary/aromatic N) is 2. The van der Waals surface area contributed by atoms with Crippen LogP contribution < -0.4 is 5.32 Å². The largest absolute Gasteiger partial charge is 0.376 e. The van der Waals surface area contributed by atoms with Crippen molar-refractivity contribution in [2.75, 3.05) is 13.2 Å². The number of carbonyl (C=O) groups is 1. The van der Waals surface area contributed by atoms with Gasteiger partial charge in [-0.25, -0.2) is 0 Å². The lowest BCUT2D eigenvalue weighted by Crippen LogP contribution is -2.27. The Morgan fingerprint density at radius 1 is 1.11 bits per heavy atom. The number of aromatic nitrogens is 2. The molecule has 0 fully saturated rings. The lowest BCUT2D eigenvalue weighted by Gasteiger charge is -2.17. The average molecular weight is 363 g/mol. The summed E-state index contributed by atoms with van der Waals surface area (Å²) < 4.78 is 10.7. The topological polar surface area (TPSA) is 77.2 Å². The van der Waals surface area contributed by atoms with E-state index in [-0.39, 0.29) is 5.91 Å². The minimum Gasteiger partial charge on any atom is -0.376 e. The molecule has 27 heavy (non-hydrogen) atoms. The normalized spacial score (nSPS) is 13.2. The van der Waals surface area contributed by atoms with E-state index in [1.165, 1.54) is 11.1 Å². The summed E-state index contributed by atoms with van der Waals surface area (Å²) in [5.74, 6) is 1.07. The van der Waals surface area contributed by atoms with E-state index in [0.717, 1.165) is 24.2 Å². The highest BCUT2D eigenvalue weighted by molar-refractivity contribution is 5.78. The summed E-state index contributed by atoms with van der Waals surface area (Å²) >= 11 is 0. The molecule has 0 spiro atoms.